The predicted octanol–water partition coefficient (Wildman–Crippen LogP) is 2.15. The molecule has 74 valence electrons. The van der Waals surface area contributed by atoms with Gasteiger partial charge >= 0.3 is 0 Å². The van der Waals surface area contributed by atoms with Gasteiger partial charge in [0.15, 0.2) is 0 Å². The lowest BCUT2D eigenvalue weighted by Crippen LogP contribution is -2.00. The summed E-state index contributed by atoms with van der Waals surface area (Å²) in [6, 6.07) is 1.61. The van der Waals surface area contributed by atoms with Crippen LogP contribution in [-0.2, 0) is 6.61 Å². The molecule has 0 unspecified atom stereocenters. The summed E-state index contributed by atoms with van der Waals surface area (Å²) in [4.78, 5) is 3.66. The summed E-state index contributed by atoms with van der Waals surface area (Å²) in [6.07, 6.45) is -1.75. The van der Waals surface area contributed by atoms with Crippen LogP contribution in [0.4, 0.5) is 8.78 Å². The lowest BCUT2D eigenvalue weighted by atomic mass is 10.1. The third kappa shape index (κ3) is 1.89. The van der Waals surface area contributed by atoms with Crippen LogP contribution < -0.4 is 0 Å². The minimum Gasteiger partial charge on any atom is -0.390 e. The summed E-state index contributed by atoms with van der Waals surface area (Å²) in [7, 11) is 0. The van der Waals surface area contributed by atoms with E-state index in [9.17, 15) is 8.78 Å². The fourth-order valence-corrected chi connectivity index (χ4v) is 1.57. The lowest BCUT2D eigenvalue weighted by Gasteiger charge is -2.07. The van der Waals surface area contributed by atoms with E-state index in [0.29, 0.717) is 0 Å². The van der Waals surface area contributed by atoms with E-state index in [0.717, 1.165) is 6.20 Å². The van der Waals surface area contributed by atoms with Crippen LogP contribution in [0.2, 0.25) is 0 Å². The van der Waals surface area contributed by atoms with Crippen molar-refractivity contribution < 1.29 is 13.9 Å². The Labute approximate surface area is 87.1 Å². The summed E-state index contributed by atoms with van der Waals surface area (Å²) in [5.74, 6) is 0. The smallest absolute Gasteiger partial charge is 0.266 e. The van der Waals surface area contributed by atoms with E-state index < -0.39 is 18.6 Å². The topological polar surface area (TPSA) is 56.9 Å². The maximum atomic E-state index is 12.5. The SMILES string of the molecule is N#Cc1cnc(CO)c(Br)c1C(F)F. The number of hydrogen-bond acceptors (Lipinski definition) is 3. The highest BCUT2D eigenvalue weighted by Gasteiger charge is 2.19. The highest BCUT2D eigenvalue weighted by atomic mass is 79.9. The van der Waals surface area contributed by atoms with Crippen molar-refractivity contribution in [3.8, 4) is 6.07 Å². The zero-order chi connectivity index (χ0) is 10.7. The molecule has 1 aromatic heterocycles. The summed E-state index contributed by atoms with van der Waals surface area (Å²) in [5, 5.41) is 17.3. The Morgan fingerprint density at radius 1 is 1.64 bits per heavy atom. The summed E-state index contributed by atoms with van der Waals surface area (Å²) < 4.78 is 25.0. The molecule has 1 aromatic rings. The molecule has 0 saturated carbocycles. The molecule has 0 aliphatic carbocycles. The maximum absolute atomic E-state index is 12.5. The summed E-state index contributed by atoms with van der Waals surface area (Å²) in [6.45, 7) is -0.452. The molecular weight excluding hydrogens is 258 g/mol. The lowest BCUT2D eigenvalue weighted by molar-refractivity contribution is 0.149. The number of hydrogen-bond donors (Lipinski definition) is 1. The van der Waals surface area contributed by atoms with Crippen LogP contribution >= 0.6 is 15.9 Å². The number of aromatic nitrogens is 1. The Bertz CT molecular complexity index is 390. The molecule has 0 amide bonds. The minimum atomic E-state index is -2.77. The highest BCUT2D eigenvalue weighted by molar-refractivity contribution is 9.10. The molecular formula is C8H5BrF2N2O. The highest BCUT2D eigenvalue weighted by Crippen LogP contribution is 2.31. The second-order valence-electron chi connectivity index (χ2n) is 2.42. The normalized spacial score (nSPS) is 10.3. The van der Waals surface area contributed by atoms with Crippen molar-refractivity contribution in [3.05, 3.63) is 27.5 Å². The van der Waals surface area contributed by atoms with E-state index in [1.807, 2.05) is 0 Å². The van der Waals surface area contributed by atoms with Crippen LogP contribution in [0.5, 0.6) is 0 Å². The van der Waals surface area contributed by atoms with Gasteiger partial charge in [-0.05, 0) is 15.9 Å². The molecule has 0 spiro atoms. The number of halogens is 3. The molecule has 0 radical (unpaired) electrons. The zero-order valence-electron chi connectivity index (χ0n) is 6.84. The van der Waals surface area contributed by atoms with Gasteiger partial charge in [0.05, 0.1) is 27.9 Å². The van der Waals surface area contributed by atoms with Gasteiger partial charge in [-0.25, -0.2) is 8.78 Å². The summed E-state index contributed by atoms with van der Waals surface area (Å²) in [5.41, 5.74) is -0.519. The van der Waals surface area contributed by atoms with Crippen molar-refractivity contribution >= 4 is 15.9 Å². The Kier molecular flexibility index (Phi) is 3.49. The third-order valence-electron chi connectivity index (χ3n) is 1.62. The molecule has 0 aliphatic heterocycles. The molecule has 6 heteroatoms. The molecule has 0 atom stereocenters. The van der Waals surface area contributed by atoms with Gasteiger partial charge in [0.2, 0.25) is 0 Å². The quantitative estimate of drug-likeness (QED) is 0.889. The van der Waals surface area contributed by atoms with E-state index in [4.69, 9.17) is 10.4 Å². The average molecular weight is 263 g/mol. The van der Waals surface area contributed by atoms with Gasteiger partial charge in [-0.1, -0.05) is 0 Å². The standard InChI is InChI=1S/C8H5BrF2N2O/c9-7-5(3-14)13-2-4(1-12)6(7)8(10)11/h2,8,14H,3H2. The second-order valence-corrected chi connectivity index (χ2v) is 3.21. The molecule has 0 fully saturated rings. The van der Waals surface area contributed by atoms with Crippen molar-refractivity contribution in [3.63, 3.8) is 0 Å². The molecule has 0 aromatic carbocycles. The van der Waals surface area contributed by atoms with Crippen LogP contribution in [0.25, 0.3) is 0 Å². The van der Waals surface area contributed by atoms with Crippen LogP contribution in [0.3, 0.4) is 0 Å². The number of nitriles is 1. The van der Waals surface area contributed by atoms with E-state index in [2.05, 4.69) is 20.9 Å². The minimum absolute atomic E-state index is 0.00551. The number of nitrogens with zero attached hydrogens (tertiary/aromatic N) is 2. The van der Waals surface area contributed by atoms with Gasteiger partial charge in [0.25, 0.3) is 6.43 Å². The predicted molar refractivity (Wildman–Crippen MR) is 47.5 cm³/mol. The maximum Gasteiger partial charge on any atom is 0.266 e. The van der Waals surface area contributed by atoms with Crippen LogP contribution in [0, 0.1) is 11.3 Å². The largest absolute Gasteiger partial charge is 0.390 e. The first kappa shape index (κ1) is 11.0. The van der Waals surface area contributed by atoms with Crippen molar-refractivity contribution in [2.24, 2.45) is 0 Å². The van der Waals surface area contributed by atoms with Gasteiger partial charge in [-0.2, -0.15) is 5.26 Å². The van der Waals surface area contributed by atoms with Crippen molar-refractivity contribution in [1.82, 2.24) is 4.98 Å². The molecule has 1 N–H and O–H groups in total. The van der Waals surface area contributed by atoms with Gasteiger partial charge in [-0.15, -0.1) is 0 Å². The van der Waals surface area contributed by atoms with Crippen LogP contribution in [-0.4, -0.2) is 10.1 Å². The first-order valence-corrected chi connectivity index (χ1v) is 4.37. The Morgan fingerprint density at radius 2 is 2.29 bits per heavy atom. The van der Waals surface area contributed by atoms with E-state index in [1.165, 1.54) is 0 Å². The first-order valence-electron chi connectivity index (χ1n) is 3.58. The number of aliphatic hydroxyl groups excluding tert-OH is 1. The van der Waals surface area contributed by atoms with E-state index in [-0.39, 0.29) is 15.7 Å². The fraction of sp³-hybridized carbons (Fsp3) is 0.250. The van der Waals surface area contributed by atoms with Gasteiger partial charge in [0, 0.05) is 6.20 Å². The summed E-state index contributed by atoms with van der Waals surface area (Å²) >= 11 is 2.88. The Balaban J connectivity index is 3.41. The van der Waals surface area contributed by atoms with Gasteiger partial charge < -0.3 is 5.11 Å². The van der Waals surface area contributed by atoms with E-state index >= 15 is 0 Å². The first-order chi connectivity index (χ1) is 6.61. The molecule has 0 saturated heterocycles. The number of aliphatic hydroxyl groups is 1. The van der Waals surface area contributed by atoms with Crippen LogP contribution in [0.1, 0.15) is 23.2 Å². The Morgan fingerprint density at radius 3 is 2.71 bits per heavy atom. The number of rotatable bonds is 2. The van der Waals surface area contributed by atoms with Crippen molar-refractivity contribution in [1.29, 1.82) is 5.26 Å². The zero-order valence-corrected chi connectivity index (χ0v) is 8.42. The van der Waals surface area contributed by atoms with E-state index in [1.54, 1.807) is 6.07 Å². The molecule has 1 heterocycles. The van der Waals surface area contributed by atoms with Crippen LogP contribution in [0.15, 0.2) is 10.7 Å². The number of alkyl halides is 2. The van der Waals surface area contributed by atoms with Crippen molar-refractivity contribution in [2.75, 3.05) is 0 Å². The van der Waals surface area contributed by atoms with Gasteiger partial charge in [-0.3, -0.25) is 4.98 Å². The monoisotopic (exact) mass is 262 g/mol. The molecule has 3 nitrogen and oxygen atoms in total. The molecule has 1 rings (SSSR count). The van der Waals surface area contributed by atoms with Gasteiger partial charge in [0.1, 0.15) is 6.07 Å². The third-order valence-corrected chi connectivity index (χ3v) is 2.50. The Hall–Kier alpha value is -1.06. The second kappa shape index (κ2) is 4.44. The molecule has 0 aliphatic rings. The van der Waals surface area contributed by atoms with Crippen molar-refractivity contribution in [2.45, 2.75) is 13.0 Å². The fourth-order valence-electron chi connectivity index (χ4n) is 0.955. The molecule has 0 bridgehead atoms. The average Bonchev–Trinajstić information content (AvgIpc) is 2.16. The number of pyridine rings is 1. The molecule has 14 heavy (non-hydrogen) atoms.